The van der Waals surface area contributed by atoms with Crippen LogP contribution in [0.4, 0.5) is 11.4 Å². The van der Waals surface area contributed by atoms with E-state index in [0.29, 0.717) is 18.1 Å². The van der Waals surface area contributed by atoms with Crippen molar-refractivity contribution in [1.29, 1.82) is 5.41 Å². The van der Waals surface area contributed by atoms with Gasteiger partial charge in [0.2, 0.25) is 0 Å². The van der Waals surface area contributed by atoms with Crippen molar-refractivity contribution in [2.24, 2.45) is 17.2 Å². The van der Waals surface area contributed by atoms with E-state index in [9.17, 15) is 0 Å². The second kappa shape index (κ2) is 8.50. The fraction of sp³-hybridized carbons (Fsp3) is 0.357. The van der Waals surface area contributed by atoms with Gasteiger partial charge >= 0.3 is 0 Å². The zero-order chi connectivity index (χ0) is 16.7. The first-order valence-corrected chi connectivity index (χ1v) is 7.75. The van der Waals surface area contributed by atoms with Gasteiger partial charge in [-0.25, -0.2) is 0 Å². The lowest BCUT2D eigenvalue weighted by molar-refractivity contribution is 0.904. The number of amidine groups is 1. The topological polar surface area (TPSA) is 108 Å². The monoisotopic (exact) mass is 338 g/mol. The summed E-state index contributed by atoms with van der Waals surface area (Å²) >= 11 is 10.1. The van der Waals surface area contributed by atoms with Gasteiger partial charge in [0, 0.05) is 30.9 Å². The molecule has 0 saturated heterocycles. The van der Waals surface area contributed by atoms with Gasteiger partial charge in [-0.2, -0.15) is 0 Å². The largest absolute Gasteiger partial charge is 0.388 e. The van der Waals surface area contributed by atoms with Crippen LogP contribution in [0.5, 0.6) is 0 Å². The Bertz CT molecular complexity index is 543. The van der Waals surface area contributed by atoms with Gasteiger partial charge in [-0.05, 0) is 55.1 Å². The van der Waals surface area contributed by atoms with E-state index in [-0.39, 0.29) is 10.9 Å². The van der Waals surface area contributed by atoms with E-state index >= 15 is 0 Å². The number of nitrogens with two attached hydrogens (primary N) is 3. The number of nitrogens with one attached hydrogen (secondary N) is 1. The van der Waals surface area contributed by atoms with E-state index in [4.69, 9.17) is 47.0 Å². The van der Waals surface area contributed by atoms with Crippen molar-refractivity contribution in [2.45, 2.75) is 19.8 Å². The van der Waals surface area contributed by atoms with E-state index < -0.39 is 0 Å². The maximum atomic E-state index is 7.31. The molecule has 0 atom stereocenters. The van der Waals surface area contributed by atoms with Gasteiger partial charge in [-0.15, -0.1) is 0 Å². The first kappa shape index (κ1) is 18.1. The Morgan fingerprint density at radius 1 is 0.955 bits per heavy atom. The normalized spacial score (nSPS) is 10.0. The second-order valence-electron chi connectivity index (χ2n) is 4.77. The minimum atomic E-state index is 0.0977. The highest BCUT2D eigenvalue weighted by atomic mass is 32.1. The predicted octanol–water partition coefficient (Wildman–Crippen LogP) is 1.52. The standard InChI is InChI=1S/C14H22N6S2/c1-2-8-19(13(17)21)10-3-5-11(6-4-10)20(14(18)22)9-7-12(15)16/h3-6H,2,7-9H2,1H3,(H3,15,16)(H2,17,21)(H2,18,22). The van der Waals surface area contributed by atoms with Gasteiger partial charge in [0.1, 0.15) is 0 Å². The van der Waals surface area contributed by atoms with Crippen molar-refractivity contribution < 1.29 is 0 Å². The Kier molecular flexibility index (Phi) is 7.00. The van der Waals surface area contributed by atoms with Crippen LogP contribution in [0.25, 0.3) is 0 Å². The second-order valence-corrected chi connectivity index (χ2v) is 5.61. The van der Waals surface area contributed by atoms with Crippen molar-refractivity contribution >= 4 is 51.9 Å². The summed E-state index contributed by atoms with van der Waals surface area (Å²) in [5, 5.41) is 7.90. The van der Waals surface area contributed by atoms with E-state index in [2.05, 4.69) is 6.92 Å². The zero-order valence-corrected chi connectivity index (χ0v) is 14.2. The molecule has 0 aromatic heterocycles. The van der Waals surface area contributed by atoms with Crippen LogP contribution in [-0.4, -0.2) is 29.2 Å². The van der Waals surface area contributed by atoms with Gasteiger partial charge in [0.25, 0.3) is 0 Å². The van der Waals surface area contributed by atoms with E-state index in [0.717, 1.165) is 24.3 Å². The molecule has 7 N–H and O–H groups in total. The first-order valence-electron chi connectivity index (χ1n) is 6.93. The van der Waals surface area contributed by atoms with Crippen LogP contribution in [0.15, 0.2) is 24.3 Å². The van der Waals surface area contributed by atoms with Crippen molar-refractivity contribution in [1.82, 2.24) is 0 Å². The predicted molar refractivity (Wildman–Crippen MR) is 102 cm³/mol. The highest BCUT2D eigenvalue weighted by Gasteiger charge is 2.12. The summed E-state index contributed by atoms with van der Waals surface area (Å²) in [5.41, 5.74) is 18.6. The van der Waals surface area contributed by atoms with Crippen LogP contribution in [0.2, 0.25) is 0 Å². The molecule has 120 valence electrons. The van der Waals surface area contributed by atoms with Gasteiger partial charge in [0.05, 0.1) is 5.84 Å². The zero-order valence-electron chi connectivity index (χ0n) is 12.6. The third-order valence-electron chi connectivity index (χ3n) is 3.06. The molecule has 22 heavy (non-hydrogen) atoms. The fourth-order valence-electron chi connectivity index (χ4n) is 2.00. The Morgan fingerprint density at radius 2 is 1.36 bits per heavy atom. The number of benzene rings is 1. The lowest BCUT2D eigenvalue weighted by atomic mass is 10.2. The minimum Gasteiger partial charge on any atom is -0.388 e. The van der Waals surface area contributed by atoms with Crippen LogP contribution in [0.3, 0.4) is 0 Å². The lowest BCUT2D eigenvalue weighted by Gasteiger charge is -2.25. The first-order chi connectivity index (χ1) is 10.4. The highest BCUT2D eigenvalue weighted by molar-refractivity contribution is 7.80. The molecule has 8 heteroatoms. The molecular weight excluding hydrogens is 316 g/mol. The van der Waals surface area contributed by atoms with E-state index in [1.54, 1.807) is 4.90 Å². The average Bonchev–Trinajstić information content (AvgIpc) is 2.45. The van der Waals surface area contributed by atoms with Crippen molar-refractivity contribution in [3.63, 3.8) is 0 Å². The third-order valence-corrected chi connectivity index (χ3v) is 3.50. The molecule has 1 aromatic carbocycles. The summed E-state index contributed by atoms with van der Waals surface area (Å²) in [6, 6.07) is 7.64. The molecule has 1 rings (SSSR count). The van der Waals surface area contributed by atoms with Crippen LogP contribution in [0.1, 0.15) is 19.8 Å². The number of rotatable bonds is 7. The molecule has 0 bridgehead atoms. The van der Waals surface area contributed by atoms with E-state index in [1.165, 1.54) is 0 Å². The number of hydrogen-bond acceptors (Lipinski definition) is 3. The van der Waals surface area contributed by atoms with Crippen molar-refractivity contribution in [3.05, 3.63) is 24.3 Å². The molecular formula is C14H22N6S2. The Morgan fingerprint density at radius 3 is 1.68 bits per heavy atom. The molecule has 0 spiro atoms. The number of anilines is 2. The molecule has 0 amide bonds. The van der Waals surface area contributed by atoms with Gasteiger partial charge < -0.3 is 27.0 Å². The quantitative estimate of drug-likeness (QED) is 0.339. The Balaban J connectivity index is 2.95. The summed E-state index contributed by atoms with van der Waals surface area (Å²) in [4.78, 5) is 3.62. The summed E-state index contributed by atoms with van der Waals surface area (Å²) in [5.74, 6) is 0.0977. The lowest BCUT2D eigenvalue weighted by Crippen LogP contribution is -2.38. The van der Waals surface area contributed by atoms with Crippen LogP contribution < -0.4 is 27.0 Å². The molecule has 0 aliphatic carbocycles. The summed E-state index contributed by atoms with van der Waals surface area (Å²) in [6.07, 6.45) is 1.34. The molecule has 0 unspecified atom stereocenters. The summed E-state index contributed by atoms with van der Waals surface area (Å²) < 4.78 is 0. The van der Waals surface area contributed by atoms with Crippen LogP contribution in [-0.2, 0) is 0 Å². The molecule has 6 nitrogen and oxygen atoms in total. The molecule has 0 radical (unpaired) electrons. The Hall–Kier alpha value is -1.93. The molecule has 0 heterocycles. The maximum absolute atomic E-state index is 7.31. The molecule has 0 aliphatic heterocycles. The summed E-state index contributed by atoms with van der Waals surface area (Å²) in [6.45, 7) is 3.30. The average molecular weight is 339 g/mol. The molecule has 0 aliphatic rings. The summed E-state index contributed by atoms with van der Waals surface area (Å²) in [7, 11) is 0. The van der Waals surface area contributed by atoms with Gasteiger partial charge in [0.15, 0.2) is 10.2 Å². The fourth-order valence-corrected chi connectivity index (χ4v) is 2.39. The van der Waals surface area contributed by atoms with E-state index in [1.807, 2.05) is 29.2 Å². The van der Waals surface area contributed by atoms with Crippen LogP contribution in [0, 0.1) is 5.41 Å². The smallest absolute Gasteiger partial charge is 0.170 e. The third kappa shape index (κ3) is 5.12. The molecule has 0 fully saturated rings. The highest BCUT2D eigenvalue weighted by Crippen LogP contribution is 2.21. The maximum Gasteiger partial charge on any atom is 0.170 e. The molecule has 0 saturated carbocycles. The number of nitrogens with zero attached hydrogens (tertiary/aromatic N) is 2. The van der Waals surface area contributed by atoms with Crippen molar-refractivity contribution in [2.75, 3.05) is 22.9 Å². The van der Waals surface area contributed by atoms with Crippen LogP contribution >= 0.6 is 24.4 Å². The SMILES string of the molecule is CCCN(C(N)=S)c1ccc(N(CCC(=N)N)C(N)=S)cc1. The number of hydrogen-bond donors (Lipinski definition) is 4. The van der Waals surface area contributed by atoms with Crippen molar-refractivity contribution in [3.8, 4) is 0 Å². The van der Waals surface area contributed by atoms with Gasteiger partial charge in [-0.1, -0.05) is 6.92 Å². The Labute approximate surface area is 141 Å². The minimum absolute atomic E-state index is 0.0977. The molecule has 1 aromatic rings. The number of thiocarbonyl (C=S) groups is 2. The van der Waals surface area contributed by atoms with Gasteiger partial charge in [-0.3, -0.25) is 5.41 Å².